The van der Waals surface area contributed by atoms with E-state index in [1.165, 1.54) is 0 Å². The highest BCUT2D eigenvalue weighted by Crippen LogP contribution is 2.03. The summed E-state index contributed by atoms with van der Waals surface area (Å²) in [6.45, 7) is 5.74. The second-order valence-corrected chi connectivity index (χ2v) is 7.38. The molecule has 0 aliphatic heterocycles. The van der Waals surface area contributed by atoms with Gasteiger partial charge >= 0.3 is 24.4 Å². The van der Waals surface area contributed by atoms with E-state index in [0.717, 1.165) is 24.0 Å². The number of rotatable bonds is 8. The molecule has 0 aliphatic rings. The lowest BCUT2D eigenvalue weighted by molar-refractivity contribution is 0.121. The molecule has 2 rings (SSSR count). The summed E-state index contributed by atoms with van der Waals surface area (Å²) in [7, 11) is 0. The molecule has 0 radical (unpaired) electrons. The molecular formula is C25H30N4O8. The van der Waals surface area contributed by atoms with Crippen molar-refractivity contribution in [2.75, 3.05) is 6.61 Å². The summed E-state index contributed by atoms with van der Waals surface area (Å²) in [4.78, 5) is 44.2. The fourth-order valence-corrected chi connectivity index (χ4v) is 2.22. The standard InChI is InChI=1S/C13H16N2O4.C12H14N2O4/c1-2-3-9-18-12(16)14-15-13(17)19-10-11-7-5-4-6-8-11;1-9(2)18-12(16)14-13-11(15)17-8-10-6-4-3-5-7-10/h4-8H,2-3,9-10H2,1H3;3-7,9H,8H2,1-2H3. The van der Waals surface area contributed by atoms with E-state index in [-0.39, 0.29) is 25.9 Å². The molecule has 0 bridgehead atoms. The lowest BCUT2D eigenvalue weighted by atomic mass is 10.2. The number of carbonyl (C=O) groups is 4. The quantitative estimate of drug-likeness (QED) is 0.206. The average Bonchev–Trinajstić information content (AvgIpc) is 2.89. The van der Waals surface area contributed by atoms with Gasteiger partial charge in [0, 0.05) is 0 Å². The number of benzene rings is 2. The van der Waals surface area contributed by atoms with Crippen molar-refractivity contribution in [3.8, 4) is 0 Å². The zero-order chi connectivity index (χ0) is 27.3. The maximum atomic E-state index is 11.2. The van der Waals surface area contributed by atoms with Gasteiger partial charge in [-0.15, -0.1) is 0 Å². The van der Waals surface area contributed by atoms with E-state index in [4.69, 9.17) is 9.47 Å². The normalized spacial score (nSPS) is 10.5. The van der Waals surface area contributed by atoms with Crippen LogP contribution in [0.15, 0.2) is 81.1 Å². The molecule has 0 fully saturated rings. The minimum absolute atomic E-state index is 0.0813. The van der Waals surface area contributed by atoms with E-state index in [9.17, 15) is 19.2 Å². The number of unbranched alkanes of at least 4 members (excludes halogenated alkanes) is 1. The van der Waals surface area contributed by atoms with Crippen molar-refractivity contribution in [1.29, 1.82) is 0 Å². The Labute approximate surface area is 214 Å². The van der Waals surface area contributed by atoms with E-state index in [1.807, 2.05) is 55.5 Å². The van der Waals surface area contributed by atoms with Gasteiger partial charge in [-0.25, -0.2) is 19.2 Å². The second-order valence-electron chi connectivity index (χ2n) is 7.38. The predicted octanol–water partition coefficient (Wildman–Crippen LogP) is 7.03. The van der Waals surface area contributed by atoms with Crippen molar-refractivity contribution in [3.63, 3.8) is 0 Å². The Balaban J connectivity index is 0.000000371. The van der Waals surface area contributed by atoms with Gasteiger partial charge in [0.1, 0.15) is 13.2 Å². The Bertz CT molecular complexity index is 1030. The molecule has 12 heteroatoms. The Morgan fingerprint density at radius 3 is 1.46 bits per heavy atom. The zero-order valence-electron chi connectivity index (χ0n) is 20.9. The van der Waals surface area contributed by atoms with Crippen LogP contribution in [0.4, 0.5) is 19.2 Å². The van der Waals surface area contributed by atoms with E-state index in [1.54, 1.807) is 26.0 Å². The molecule has 0 aromatic heterocycles. The van der Waals surface area contributed by atoms with Crippen LogP contribution in [0.1, 0.15) is 44.7 Å². The molecule has 0 heterocycles. The fourth-order valence-electron chi connectivity index (χ4n) is 2.22. The predicted molar refractivity (Wildman–Crippen MR) is 131 cm³/mol. The maximum Gasteiger partial charge on any atom is 0.452 e. The van der Waals surface area contributed by atoms with Crippen LogP contribution >= 0.6 is 0 Å². The van der Waals surface area contributed by atoms with Crippen molar-refractivity contribution in [2.24, 2.45) is 20.5 Å². The summed E-state index contributed by atoms with van der Waals surface area (Å²) in [5, 5.41) is 12.4. The molecule has 0 saturated carbocycles. The highest BCUT2D eigenvalue weighted by Gasteiger charge is 2.06. The first-order chi connectivity index (χ1) is 17.8. The molecule has 2 aromatic carbocycles. The van der Waals surface area contributed by atoms with Crippen molar-refractivity contribution in [2.45, 2.75) is 52.9 Å². The van der Waals surface area contributed by atoms with E-state index >= 15 is 0 Å². The number of azo groups is 2. The van der Waals surface area contributed by atoms with Crippen LogP contribution in [0, 0.1) is 0 Å². The molecule has 0 saturated heterocycles. The fraction of sp³-hybridized carbons (Fsp3) is 0.360. The molecule has 37 heavy (non-hydrogen) atoms. The molecule has 0 N–H and O–H groups in total. The summed E-state index contributed by atoms with van der Waals surface area (Å²) in [5.74, 6) is 0. The van der Waals surface area contributed by atoms with Gasteiger partial charge in [-0.05, 0) is 31.4 Å². The summed E-state index contributed by atoms with van der Waals surface area (Å²) in [6.07, 6.45) is -2.30. The third-order valence-electron chi connectivity index (χ3n) is 3.90. The van der Waals surface area contributed by atoms with Gasteiger partial charge in [0.2, 0.25) is 0 Å². The third-order valence-corrected chi connectivity index (χ3v) is 3.90. The number of ether oxygens (including phenoxy) is 4. The Hall–Kier alpha value is -4.48. The number of carbonyl (C=O) groups excluding carboxylic acids is 4. The first-order valence-corrected chi connectivity index (χ1v) is 11.4. The Morgan fingerprint density at radius 1 is 0.649 bits per heavy atom. The van der Waals surface area contributed by atoms with Gasteiger partial charge in [0.15, 0.2) is 0 Å². The van der Waals surface area contributed by atoms with E-state index in [2.05, 4.69) is 29.9 Å². The lowest BCUT2D eigenvalue weighted by Gasteiger charge is -2.02. The van der Waals surface area contributed by atoms with Gasteiger partial charge in [-0.3, -0.25) is 0 Å². The minimum atomic E-state index is -0.931. The van der Waals surface area contributed by atoms with Crippen molar-refractivity contribution in [3.05, 3.63) is 71.8 Å². The number of hydrogen-bond donors (Lipinski definition) is 0. The molecule has 0 unspecified atom stereocenters. The van der Waals surface area contributed by atoms with Crippen LogP contribution in [-0.2, 0) is 32.2 Å². The molecule has 198 valence electrons. The number of nitrogens with zero attached hydrogens (tertiary/aromatic N) is 4. The highest BCUT2D eigenvalue weighted by atomic mass is 16.6. The number of amides is 4. The molecule has 4 amide bonds. The molecule has 0 aliphatic carbocycles. The van der Waals surface area contributed by atoms with E-state index in [0.29, 0.717) is 0 Å². The van der Waals surface area contributed by atoms with Crippen LogP contribution < -0.4 is 0 Å². The smallest absolute Gasteiger partial charge is 0.447 e. The lowest BCUT2D eigenvalue weighted by Crippen LogP contribution is -2.07. The Kier molecular flexibility index (Phi) is 15.5. The van der Waals surface area contributed by atoms with Gasteiger partial charge in [-0.1, -0.05) is 94.5 Å². The first kappa shape index (κ1) is 30.6. The van der Waals surface area contributed by atoms with Gasteiger partial charge in [0.05, 0.1) is 12.7 Å². The largest absolute Gasteiger partial charge is 0.452 e. The number of hydrogen-bond acceptors (Lipinski definition) is 8. The van der Waals surface area contributed by atoms with Crippen LogP contribution in [0.3, 0.4) is 0 Å². The van der Waals surface area contributed by atoms with Gasteiger partial charge in [0.25, 0.3) is 0 Å². The maximum absolute atomic E-state index is 11.2. The third kappa shape index (κ3) is 16.7. The highest BCUT2D eigenvalue weighted by molar-refractivity contribution is 5.73. The summed E-state index contributed by atoms with van der Waals surface area (Å²) >= 11 is 0. The van der Waals surface area contributed by atoms with Crippen LogP contribution in [0.25, 0.3) is 0 Å². The van der Waals surface area contributed by atoms with Crippen LogP contribution in [-0.4, -0.2) is 37.1 Å². The summed E-state index contributed by atoms with van der Waals surface area (Å²) in [6, 6.07) is 18.2. The molecule has 0 spiro atoms. The average molecular weight is 515 g/mol. The van der Waals surface area contributed by atoms with Crippen LogP contribution in [0.2, 0.25) is 0 Å². The van der Waals surface area contributed by atoms with Gasteiger partial charge < -0.3 is 18.9 Å². The summed E-state index contributed by atoms with van der Waals surface area (Å²) in [5.41, 5.74) is 1.65. The minimum Gasteiger partial charge on any atom is -0.447 e. The Morgan fingerprint density at radius 2 is 1.05 bits per heavy atom. The molecule has 2 aromatic rings. The first-order valence-electron chi connectivity index (χ1n) is 11.4. The monoisotopic (exact) mass is 514 g/mol. The van der Waals surface area contributed by atoms with Crippen molar-refractivity contribution < 1.29 is 38.1 Å². The molecule has 12 nitrogen and oxygen atoms in total. The van der Waals surface area contributed by atoms with Gasteiger partial charge in [-0.2, -0.15) is 0 Å². The SMILES string of the molecule is CC(C)OC(=O)N=NC(=O)OCc1ccccc1.CCCCOC(=O)N=NC(=O)OCc1ccccc1. The molecular weight excluding hydrogens is 484 g/mol. The second kappa shape index (κ2) is 18.8. The zero-order valence-corrected chi connectivity index (χ0v) is 20.9. The molecule has 0 atom stereocenters. The van der Waals surface area contributed by atoms with Crippen molar-refractivity contribution >= 4 is 24.4 Å². The summed E-state index contributed by atoms with van der Waals surface area (Å²) < 4.78 is 18.9. The van der Waals surface area contributed by atoms with Crippen LogP contribution in [0.5, 0.6) is 0 Å². The topological polar surface area (TPSA) is 155 Å². The van der Waals surface area contributed by atoms with Crippen molar-refractivity contribution in [1.82, 2.24) is 0 Å². The van der Waals surface area contributed by atoms with E-state index < -0.39 is 24.4 Å².